The minimum atomic E-state index is -0.282. The van der Waals surface area contributed by atoms with E-state index in [1.165, 1.54) is 0 Å². The minimum absolute atomic E-state index is 0.282. The number of anilines is 1. The lowest BCUT2D eigenvalue weighted by Gasteiger charge is -2.10. The first-order valence-corrected chi connectivity index (χ1v) is 7.55. The molecule has 3 rings (SSSR count). The largest absolute Gasteiger partial charge is 0.370 e. The molecule has 1 fully saturated rings. The second kappa shape index (κ2) is 5.48. The number of nitrogens with zero attached hydrogens (tertiary/aromatic N) is 2. The molecule has 3 nitrogen and oxygen atoms in total. The molecule has 0 atom stereocenters. The van der Waals surface area contributed by atoms with Crippen LogP contribution in [-0.2, 0) is 0 Å². The number of rotatable bonds is 4. The Labute approximate surface area is 125 Å². The van der Waals surface area contributed by atoms with Crippen molar-refractivity contribution in [3.8, 4) is 11.3 Å². The molecule has 1 aromatic heterocycles. The van der Waals surface area contributed by atoms with Crippen molar-refractivity contribution in [3.05, 3.63) is 40.4 Å². The van der Waals surface area contributed by atoms with Gasteiger partial charge >= 0.3 is 0 Å². The Hall–Kier alpha value is -1.49. The van der Waals surface area contributed by atoms with E-state index in [9.17, 15) is 4.39 Å². The highest BCUT2D eigenvalue weighted by Crippen LogP contribution is 2.39. The van der Waals surface area contributed by atoms with Crippen LogP contribution < -0.4 is 5.32 Å². The second-order valence-electron chi connectivity index (χ2n) is 4.90. The van der Waals surface area contributed by atoms with Gasteiger partial charge in [-0.2, -0.15) is 0 Å². The van der Waals surface area contributed by atoms with Gasteiger partial charge in [-0.3, -0.25) is 0 Å². The summed E-state index contributed by atoms with van der Waals surface area (Å²) in [4.78, 5) is 9.04. The van der Waals surface area contributed by atoms with Gasteiger partial charge < -0.3 is 5.32 Å². The molecule has 0 unspecified atom stereocenters. The van der Waals surface area contributed by atoms with Crippen molar-refractivity contribution in [2.75, 3.05) is 11.9 Å². The maximum atomic E-state index is 14.2. The molecule has 104 valence electrons. The summed E-state index contributed by atoms with van der Waals surface area (Å²) in [6.07, 6.45) is 2.24. The molecule has 1 N–H and O–H groups in total. The summed E-state index contributed by atoms with van der Waals surface area (Å²) in [6.45, 7) is 2.79. The van der Waals surface area contributed by atoms with Crippen LogP contribution in [0.15, 0.2) is 28.7 Å². The number of aromatic nitrogens is 2. The topological polar surface area (TPSA) is 37.8 Å². The Morgan fingerprint density at radius 3 is 2.85 bits per heavy atom. The first-order chi connectivity index (χ1) is 9.69. The van der Waals surface area contributed by atoms with E-state index in [1.54, 1.807) is 18.2 Å². The van der Waals surface area contributed by atoms with Gasteiger partial charge in [-0.15, -0.1) is 0 Å². The molecule has 0 bridgehead atoms. The van der Waals surface area contributed by atoms with E-state index in [1.807, 2.05) is 13.0 Å². The molecule has 1 aromatic carbocycles. The lowest BCUT2D eigenvalue weighted by atomic mass is 10.1. The van der Waals surface area contributed by atoms with Crippen LogP contribution in [0.2, 0.25) is 0 Å². The fourth-order valence-corrected chi connectivity index (χ4v) is 2.47. The Balaban J connectivity index is 2.09. The van der Waals surface area contributed by atoms with E-state index >= 15 is 0 Å². The van der Waals surface area contributed by atoms with Crippen molar-refractivity contribution >= 4 is 21.7 Å². The van der Waals surface area contributed by atoms with Gasteiger partial charge in [0.25, 0.3) is 0 Å². The predicted octanol–water partition coefficient (Wildman–Crippen LogP) is 4.35. The van der Waals surface area contributed by atoms with Crippen LogP contribution in [0.3, 0.4) is 0 Å². The number of nitrogens with one attached hydrogen (secondary N) is 1. The van der Waals surface area contributed by atoms with Crippen molar-refractivity contribution < 1.29 is 4.39 Å². The summed E-state index contributed by atoms with van der Waals surface area (Å²) in [5, 5.41) is 3.19. The summed E-state index contributed by atoms with van der Waals surface area (Å²) >= 11 is 3.22. The van der Waals surface area contributed by atoms with Gasteiger partial charge in [-0.05, 0) is 47.8 Å². The van der Waals surface area contributed by atoms with Crippen LogP contribution in [0.1, 0.15) is 31.5 Å². The van der Waals surface area contributed by atoms with Gasteiger partial charge in [0.2, 0.25) is 0 Å². The maximum absolute atomic E-state index is 14.2. The Kier molecular flexibility index (Phi) is 3.70. The molecule has 20 heavy (non-hydrogen) atoms. The summed E-state index contributed by atoms with van der Waals surface area (Å²) in [5.41, 5.74) is 1.14. The zero-order chi connectivity index (χ0) is 14.1. The summed E-state index contributed by atoms with van der Waals surface area (Å²) in [7, 11) is 0. The van der Waals surface area contributed by atoms with Crippen molar-refractivity contribution in [2.24, 2.45) is 0 Å². The molecule has 5 heteroatoms. The van der Waals surface area contributed by atoms with Crippen LogP contribution in [0.5, 0.6) is 0 Å². The third-order valence-electron chi connectivity index (χ3n) is 3.27. The van der Waals surface area contributed by atoms with E-state index in [-0.39, 0.29) is 5.82 Å². The van der Waals surface area contributed by atoms with Gasteiger partial charge in [0.15, 0.2) is 0 Å². The van der Waals surface area contributed by atoms with Crippen LogP contribution in [0, 0.1) is 5.82 Å². The zero-order valence-corrected chi connectivity index (χ0v) is 12.7. The van der Waals surface area contributed by atoms with Gasteiger partial charge in [0, 0.05) is 24.1 Å². The number of halogens is 2. The van der Waals surface area contributed by atoms with Crippen molar-refractivity contribution in [3.63, 3.8) is 0 Å². The molecule has 1 aliphatic carbocycles. The highest BCUT2D eigenvalue weighted by Gasteiger charge is 2.27. The first kappa shape index (κ1) is 13.5. The zero-order valence-electron chi connectivity index (χ0n) is 11.2. The maximum Gasteiger partial charge on any atom is 0.146 e. The molecule has 1 heterocycles. The molecular weight excluding hydrogens is 321 g/mol. The predicted molar refractivity (Wildman–Crippen MR) is 81.3 cm³/mol. The molecule has 0 spiro atoms. The third-order valence-corrected chi connectivity index (χ3v) is 3.88. The van der Waals surface area contributed by atoms with Crippen molar-refractivity contribution in [2.45, 2.75) is 25.7 Å². The third kappa shape index (κ3) is 2.68. The monoisotopic (exact) mass is 335 g/mol. The van der Waals surface area contributed by atoms with Crippen molar-refractivity contribution in [1.29, 1.82) is 0 Å². The SMILES string of the molecule is CCNc1cc(-c2cccc(Br)c2F)nc(C2CC2)n1. The molecule has 1 aliphatic rings. The highest BCUT2D eigenvalue weighted by molar-refractivity contribution is 9.10. The van der Waals surface area contributed by atoms with Gasteiger partial charge in [0.05, 0.1) is 10.2 Å². The Bertz CT molecular complexity index is 641. The average molecular weight is 336 g/mol. The fourth-order valence-electron chi connectivity index (χ4n) is 2.10. The van der Waals surface area contributed by atoms with Crippen molar-refractivity contribution in [1.82, 2.24) is 9.97 Å². The van der Waals surface area contributed by atoms with Gasteiger partial charge in [-0.1, -0.05) is 6.07 Å². The molecule has 0 radical (unpaired) electrons. The molecule has 0 amide bonds. The van der Waals surface area contributed by atoms with E-state index in [4.69, 9.17) is 0 Å². The van der Waals surface area contributed by atoms with Crippen LogP contribution >= 0.6 is 15.9 Å². The van der Waals surface area contributed by atoms with Gasteiger partial charge in [-0.25, -0.2) is 14.4 Å². The van der Waals surface area contributed by atoms with E-state index in [0.29, 0.717) is 21.6 Å². The highest BCUT2D eigenvalue weighted by atomic mass is 79.9. The fraction of sp³-hybridized carbons (Fsp3) is 0.333. The lowest BCUT2D eigenvalue weighted by molar-refractivity contribution is 0.624. The molecule has 0 aliphatic heterocycles. The van der Waals surface area contributed by atoms with Crippen LogP contribution in [0.4, 0.5) is 10.2 Å². The number of hydrogen-bond donors (Lipinski definition) is 1. The number of hydrogen-bond acceptors (Lipinski definition) is 3. The molecule has 2 aromatic rings. The quantitative estimate of drug-likeness (QED) is 0.902. The molecular formula is C15H15BrFN3. The van der Waals surface area contributed by atoms with Gasteiger partial charge in [0.1, 0.15) is 17.5 Å². The van der Waals surface area contributed by atoms with E-state index in [0.717, 1.165) is 31.0 Å². The standard InChI is InChI=1S/C15H15BrFN3/c1-2-18-13-8-12(19-15(20-13)9-6-7-9)10-4-3-5-11(16)14(10)17/h3-5,8-9H,2,6-7H2,1H3,(H,18,19,20). The van der Waals surface area contributed by atoms with E-state index < -0.39 is 0 Å². The Morgan fingerprint density at radius 1 is 1.35 bits per heavy atom. The van der Waals surface area contributed by atoms with Crippen LogP contribution in [-0.4, -0.2) is 16.5 Å². The second-order valence-corrected chi connectivity index (χ2v) is 5.76. The number of benzene rings is 1. The smallest absolute Gasteiger partial charge is 0.146 e. The summed E-state index contributed by atoms with van der Waals surface area (Å²) in [6, 6.07) is 7.05. The van der Waals surface area contributed by atoms with Crippen LogP contribution in [0.25, 0.3) is 11.3 Å². The average Bonchev–Trinajstić information content (AvgIpc) is 3.26. The first-order valence-electron chi connectivity index (χ1n) is 6.76. The Morgan fingerprint density at radius 2 is 2.15 bits per heavy atom. The molecule has 1 saturated carbocycles. The lowest BCUT2D eigenvalue weighted by Crippen LogP contribution is -2.04. The minimum Gasteiger partial charge on any atom is -0.370 e. The molecule has 0 saturated heterocycles. The normalized spacial score (nSPS) is 14.3. The van der Waals surface area contributed by atoms with E-state index in [2.05, 4.69) is 31.2 Å². The summed E-state index contributed by atoms with van der Waals surface area (Å²) in [5.74, 6) is 1.73. The summed E-state index contributed by atoms with van der Waals surface area (Å²) < 4.78 is 14.7.